The third-order valence-electron chi connectivity index (χ3n) is 6.09. The molecule has 33 heavy (non-hydrogen) atoms. The fourth-order valence-corrected chi connectivity index (χ4v) is 4.05. The first kappa shape index (κ1) is 22.8. The van der Waals surface area contributed by atoms with Gasteiger partial charge in [0, 0.05) is 19.0 Å². The Bertz CT molecular complexity index is 1040. The van der Waals surface area contributed by atoms with Gasteiger partial charge in [-0.15, -0.1) is 0 Å². The molecule has 1 fully saturated rings. The van der Waals surface area contributed by atoms with Crippen molar-refractivity contribution >= 4 is 11.8 Å². The molecule has 172 valence electrons. The Morgan fingerprint density at radius 1 is 0.848 bits per heavy atom. The minimum atomic E-state index is -0.0278. The maximum absolute atomic E-state index is 13.4. The predicted octanol–water partition coefficient (Wildman–Crippen LogP) is 4.78. The zero-order chi connectivity index (χ0) is 23.0. The van der Waals surface area contributed by atoms with Crippen LogP contribution in [0.2, 0.25) is 0 Å². The second kappa shape index (κ2) is 11.0. The summed E-state index contributed by atoms with van der Waals surface area (Å²) in [4.78, 5) is 30.0. The van der Waals surface area contributed by atoms with Crippen LogP contribution >= 0.6 is 0 Å². The molecular weight excluding hydrogens is 412 g/mol. The van der Waals surface area contributed by atoms with Crippen LogP contribution < -0.4 is 0 Å². The summed E-state index contributed by atoms with van der Waals surface area (Å²) in [6.45, 7) is 3.03. The Morgan fingerprint density at radius 3 is 2.06 bits per heavy atom. The predicted molar refractivity (Wildman–Crippen MR) is 129 cm³/mol. The number of amides is 2. The molecule has 1 saturated carbocycles. The van der Waals surface area contributed by atoms with Gasteiger partial charge in [-0.25, -0.2) is 0 Å². The van der Waals surface area contributed by atoms with Gasteiger partial charge in [0.05, 0.1) is 6.54 Å². The van der Waals surface area contributed by atoms with Crippen molar-refractivity contribution in [2.24, 2.45) is 0 Å². The fourth-order valence-electron chi connectivity index (χ4n) is 4.05. The van der Waals surface area contributed by atoms with E-state index in [1.165, 1.54) is 5.56 Å². The van der Waals surface area contributed by atoms with Crippen molar-refractivity contribution in [3.8, 4) is 0 Å². The Kier molecular flexibility index (Phi) is 7.61. The molecule has 0 radical (unpaired) electrons. The van der Waals surface area contributed by atoms with E-state index in [0.29, 0.717) is 25.9 Å². The van der Waals surface area contributed by atoms with Gasteiger partial charge >= 0.3 is 0 Å². The van der Waals surface area contributed by atoms with Crippen LogP contribution in [0.5, 0.6) is 0 Å². The zero-order valence-corrected chi connectivity index (χ0v) is 19.3. The van der Waals surface area contributed by atoms with Crippen molar-refractivity contribution in [3.63, 3.8) is 0 Å². The van der Waals surface area contributed by atoms with Crippen LogP contribution in [-0.4, -0.2) is 40.7 Å². The minimum Gasteiger partial charge on any atom is -0.464 e. The van der Waals surface area contributed by atoms with Crippen LogP contribution in [0.1, 0.15) is 41.9 Å². The molecule has 3 aromatic rings. The summed E-state index contributed by atoms with van der Waals surface area (Å²) in [5.41, 5.74) is 2.33. The number of aryl methyl sites for hydroxylation is 2. The van der Waals surface area contributed by atoms with Crippen molar-refractivity contribution in [1.82, 2.24) is 9.80 Å². The zero-order valence-electron chi connectivity index (χ0n) is 19.3. The quantitative estimate of drug-likeness (QED) is 0.428. The van der Waals surface area contributed by atoms with E-state index in [1.54, 1.807) is 4.90 Å². The van der Waals surface area contributed by atoms with Crippen LogP contribution in [0, 0.1) is 6.92 Å². The first-order valence-electron chi connectivity index (χ1n) is 11.8. The van der Waals surface area contributed by atoms with Gasteiger partial charge < -0.3 is 14.2 Å². The van der Waals surface area contributed by atoms with Gasteiger partial charge in [-0.1, -0.05) is 60.7 Å². The van der Waals surface area contributed by atoms with E-state index in [-0.39, 0.29) is 24.4 Å². The number of carbonyl (C=O) groups is 2. The van der Waals surface area contributed by atoms with Gasteiger partial charge in [0.2, 0.25) is 11.8 Å². The van der Waals surface area contributed by atoms with E-state index in [0.717, 1.165) is 36.3 Å². The lowest BCUT2D eigenvalue weighted by molar-refractivity contribution is -0.141. The smallest absolute Gasteiger partial charge is 0.242 e. The highest BCUT2D eigenvalue weighted by molar-refractivity contribution is 5.85. The summed E-state index contributed by atoms with van der Waals surface area (Å²) in [7, 11) is 0. The summed E-state index contributed by atoms with van der Waals surface area (Å²) in [6.07, 6.45) is 3.84. The lowest BCUT2D eigenvalue weighted by Gasteiger charge is -2.27. The molecule has 2 aromatic carbocycles. The van der Waals surface area contributed by atoms with Crippen molar-refractivity contribution < 1.29 is 14.0 Å². The number of furan rings is 1. The number of benzene rings is 2. The second-order valence-corrected chi connectivity index (χ2v) is 8.80. The van der Waals surface area contributed by atoms with E-state index in [4.69, 9.17) is 4.42 Å². The second-order valence-electron chi connectivity index (χ2n) is 8.80. The summed E-state index contributed by atoms with van der Waals surface area (Å²) in [5, 5.41) is 0. The average molecular weight is 445 g/mol. The largest absolute Gasteiger partial charge is 0.464 e. The highest BCUT2D eigenvalue weighted by atomic mass is 16.3. The van der Waals surface area contributed by atoms with E-state index in [9.17, 15) is 9.59 Å². The number of hydrogen-bond acceptors (Lipinski definition) is 3. The van der Waals surface area contributed by atoms with Crippen molar-refractivity contribution in [2.75, 3.05) is 13.1 Å². The van der Waals surface area contributed by atoms with E-state index in [2.05, 4.69) is 12.1 Å². The summed E-state index contributed by atoms with van der Waals surface area (Å²) in [6, 6.07) is 24.2. The van der Waals surface area contributed by atoms with Crippen LogP contribution in [0.3, 0.4) is 0 Å². The molecule has 0 atom stereocenters. The van der Waals surface area contributed by atoms with Gasteiger partial charge in [-0.05, 0) is 55.9 Å². The molecule has 0 N–H and O–H groups in total. The van der Waals surface area contributed by atoms with Gasteiger partial charge in [0.1, 0.15) is 18.1 Å². The highest BCUT2D eigenvalue weighted by Gasteiger charge is 2.34. The summed E-state index contributed by atoms with van der Waals surface area (Å²) < 4.78 is 5.74. The van der Waals surface area contributed by atoms with Crippen molar-refractivity contribution in [1.29, 1.82) is 0 Å². The first-order chi connectivity index (χ1) is 16.1. The molecule has 5 heteroatoms. The highest BCUT2D eigenvalue weighted by Crippen LogP contribution is 2.28. The number of hydrogen-bond donors (Lipinski definition) is 0. The number of nitrogens with zero attached hydrogens (tertiary/aromatic N) is 2. The maximum atomic E-state index is 13.4. The molecule has 4 rings (SSSR count). The van der Waals surface area contributed by atoms with Gasteiger partial charge in [-0.3, -0.25) is 9.59 Å². The Balaban J connectivity index is 1.40. The molecule has 1 aliphatic rings. The minimum absolute atomic E-state index is 0.0278. The van der Waals surface area contributed by atoms with Crippen LogP contribution in [0.15, 0.2) is 77.2 Å². The first-order valence-corrected chi connectivity index (χ1v) is 11.8. The standard InChI is InChI=1S/C28H32N2O3/c1-22-12-16-26(33-22)20-29(19-18-24-10-6-3-7-11-24)28(32)21-30(25-14-15-25)27(31)17-13-23-8-4-2-5-9-23/h2-12,16,25H,13-15,17-21H2,1H3. The third kappa shape index (κ3) is 6.82. The van der Waals surface area contributed by atoms with E-state index >= 15 is 0 Å². The molecule has 5 nitrogen and oxygen atoms in total. The topological polar surface area (TPSA) is 53.8 Å². The van der Waals surface area contributed by atoms with Crippen molar-refractivity contribution in [3.05, 3.63) is 95.4 Å². The lowest BCUT2D eigenvalue weighted by Crippen LogP contribution is -2.44. The molecule has 1 aliphatic carbocycles. The molecule has 0 saturated heterocycles. The number of rotatable bonds is 11. The molecule has 0 bridgehead atoms. The molecule has 0 spiro atoms. The van der Waals surface area contributed by atoms with Crippen LogP contribution in [0.4, 0.5) is 0 Å². The van der Waals surface area contributed by atoms with Gasteiger partial charge in [0.15, 0.2) is 0 Å². The SMILES string of the molecule is Cc1ccc(CN(CCc2ccccc2)C(=O)CN(C(=O)CCc2ccccc2)C2CC2)o1. The number of carbonyl (C=O) groups excluding carboxylic acids is 2. The molecule has 1 aromatic heterocycles. The molecule has 2 amide bonds. The molecular formula is C28H32N2O3. The Labute approximate surface area is 196 Å². The normalized spacial score (nSPS) is 13.0. The van der Waals surface area contributed by atoms with E-state index in [1.807, 2.05) is 72.5 Å². The lowest BCUT2D eigenvalue weighted by atomic mass is 10.1. The van der Waals surface area contributed by atoms with E-state index < -0.39 is 0 Å². The average Bonchev–Trinajstić information content (AvgIpc) is 3.60. The molecule has 0 unspecified atom stereocenters. The molecule has 0 aliphatic heterocycles. The monoisotopic (exact) mass is 444 g/mol. The van der Waals surface area contributed by atoms with Gasteiger partial charge in [-0.2, -0.15) is 0 Å². The van der Waals surface area contributed by atoms with Crippen molar-refractivity contribution in [2.45, 2.75) is 51.6 Å². The van der Waals surface area contributed by atoms with Crippen LogP contribution in [-0.2, 0) is 29.0 Å². The maximum Gasteiger partial charge on any atom is 0.242 e. The summed E-state index contributed by atoms with van der Waals surface area (Å²) >= 11 is 0. The summed E-state index contributed by atoms with van der Waals surface area (Å²) in [5.74, 6) is 1.63. The third-order valence-corrected chi connectivity index (χ3v) is 6.09. The van der Waals surface area contributed by atoms with Crippen LogP contribution in [0.25, 0.3) is 0 Å². The Morgan fingerprint density at radius 2 is 1.48 bits per heavy atom. The fraction of sp³-hybridized carbons (Fsp3) is 0.357. The van der Waals surface area contributed by atoms with Gasteiger partial charge in [0.25, 0.3) is 0 Å². The molecule has 1 heterocycles. The Hall–Kier alpha value is -3.34.